The third-order valence-corrected chi connectivity index (χ3v) is 2.29. The smallest absolute Gasteiger partial charge is 0.222 e. The minimum Gasteiger partial charge on any atom is -0.381 e. The lowest BCUT2D eigenvalue weighted by molar-refractivity contribution is -0.122. The summed E-state index contributed by atoms with van der Waals surface area (Å²) < 4.78 is 5.24. The minimum atomic E-state index is 0.0561. The molecule has 0 aromatic carbocycles. The van der Waals surface area contributed by atoms with Crippen molar-refractivity contribution in [2.75, 3.05) is 19.8 Å². The zero-order valence-corrected chi connectivity index (χ0v) is 10.4. The van der Waals surface area contributed by atoms with Gasteiger partial charge in [-0.25, -0.2) is 4.98 Å². The topological polar surface area (TPSA) is 67.0 Å². The van der Waals surface area contributed by atoms with Gasteiger partial charge in [-0.3, -0.25) is 4.79 Å². The first-order chi connectivity index (χ1) is 8.33. The number of amides is 1. The molecule has 0 fully saturated rings. The van der Waals surface area contributed by atoms with Gasteiger partial charge in [0.25, 0.3) is 0 Å². The summed E-state index contributed by atoms with van der Waals surface area (Å²) in [4.78, 5) is 18.5. The molecule has 0 aliphatic rings. The number of H-pyrrole nitrogens is 1. The number of imidazole rings is 1. The van der Waals surface area contributed by atoms with E-state index in [9.17, 15) is 4.79 Å². The summed E-state index contributed by atoms with van der Waals surface area (Å²) >= 11 is 0. The van der Waals surface area contributed by atoms with Gasteiger partial charge in [0.2, 0.25) is 5.91 Å². The molecule has 0 saturated heterocycles. The van der Waals surface area contributed by atoms with Crippen molar-refractivity contribution < 1.29 is 9.53 Å². The second kappa shape index (κ2) is 8.75. The Kier molecular flexibility index (Phi) is 7.06. The van der Waals surface area contributed by atoms with Crippen LogP contribution in [0.1, 0.15) is 32.0 Å². The Bertz CT molecular complexity index is 299. The summed E-state index contributed by atoms with van der Waals surface area (Å²) in [5, 5.41) is 2.86. The van der Waals surface area contributed by atoms with E-state index in [0.717, 1.165) is 31.7 Å². The van der Waals surface area contributed by atoms with Gasteiger partial charge in [0.15, 0.2) is 0 Å². The van der Waals surface area contributed by atoms with Crippen molar-refractivity contribution in [3.05, 3.63) is 18.2 Å². The Balaban J connectivity index is 1.93. The molecule has 0 saturated carbocycles. The summed E-state index contributed by atoms with van der Waals surface area (Å²) in [6.07, 6.45) is 6.73. The first-order valence-electron chi connectivity index (χ1n) is 6.15. The van der Waals surface area contributed by atoms with Crippen LogP contribution in [0, 0.1) is 0 Å². The molecule has 1 heterocycles. The van der Waals surface area contributed by atoms with Gasteiger partial charge in [-0.2, -0.15) is 0 Å². The third kappa shape index (κ3) is 6.73. The van der Waals surface area contributed by atoms with E-state index >= 15 is 0 Å². The predicted molar refractivity (Wildman–Crippen MR) is 65.6 cm³/mol. The summed E-state index contributed by atoms with van der Waals surface area (Å²) in [6, 6.07) is 0. The summed E-state index contributed by atoms with van der Waals surface area (Å²) in [7, 11) is 0. The lowest BCUT2D eigenvalue weighted by atomic mass is 10.3. The molecular formula is C12H21N3O2. The van der Waals surface area contributed by atoms with Crippen LogP contribution in [0.4, 0.5) is 0 Å². The molecule has 1 rings (SSSR count). The number of rotatable bonds is 9. The zero-order chi connectivity index (χ0) is 12.3. The van der Waals surface area contributed by atoms with Gasteiger partial charge in [-0.1, -0.05) is 6.92 Å². The standard InChI is InChI=1S/C12H21N3O2/c1-2-9-17-10-5-12(16)15-6-3-4-11-13-7-8-14-11/h7-8H,2-6,9-10H2,1H3,(H,13,14)(H,15,16). The van der Waals surface area contributed by atoms with E-state index in [1.807, 2.05) is 0 Å². The highest BCUT2D eigenvalue weighted by atomic mass is 16.5. The molecule has 0 atom stereocenters. The van der Waals surface area contributed by atoms with Crippen molar-refractivity contribution in [3.63, 3.8) is 0 Å². The molecule has 0 unspecified atom stereocenters. The fraction of sp³-hybridized carbons (Fsp3) is 0.667. The van der Waals surface area contributed by atoms with Crippen LogP contribution < -0.4 is 5.32 Å². The van der Waals surface area contributed by atoms with Crippen LogP contribution in [0.3, 0.4) is 0 Å². The van der Waals surface area contributed by atoms with Crippen molar-refractivity contribution in [1.29, 1.82) is 0 Å². The van der Waals surface area contributed by atoms with E-state index in [2.05, 4.69) is 22.2 Å². The molecule has 96 valence electrons. The van der Waals surface area contributed by atoms with Gasteiger partial charge in [-0.05, 0) is 12.8 Å². The van der Waals surface area contributed by atoms with Crippen molar-refractivity contribution in [3.8, 4) is 0 Å². The number of aromatic amines is 1. The second-order valence-electron chi connectivity index (χ2n) is 3.85. The van der Waals surface area contributed by atoms with Gasteiger partial charge < -0.3 is 15.0 Å². The lowest BCUT2D eigenvalue weighted by Gasteiger charge is -2.05. The molecule has 0 aliphatic carbocycles. The maximum atomic E-state index is 11.4. The Hall–Kier alpha value is -1.36. The minimum absolute atomic E-state index is 0.0561. The normalized spacial score (nSPS) is 10.4. The number of carbonyl (C=O) groups is 1. The van der Waals surface area contributed by atoms with Gasteiger partial charge in [0.1, 0.15) is 5.82 Å². The number of carbonyl (C=O) groups excluding carboxylic acids is 1. The molecular weight excluding hydrogens is 218 g/mol. The van der Waals surface area contributed by atoms with E-state index in [1.54, 1.807) is 12.4 Å². The van der Waals surface area contributed by atoms with Crippen LogP contribution in [0.15, 0.2) is 12.4 Å². The van der Waals surface area contributed by atoms with Crippen LogP contribution in [0.5, 0.6) is 0 Å². The number of aromatic nitrogens is 2. The van der Waals surface area contributed by atoms with E-state index in [-0.39, 0.29) is 5.91 Å². The first kappa shape index (κ1) is 13.7. The van der Waals surface area contributed by atoms with Crippen LogP contribution in [-0.2, 0) is 16.0 Å². The largest absolute Gasteiger partial charge is 0.381 e. The highest BCUT2D eigenvalue weighted by Crippen LogP contribution is 1.93. The highest BCUT2D eigenvalue weighted by molar-refractivity contribution is 5.75. The fourth-order valence-corrected chi connectivity index (χ4v) is 1.42. The number of nitrogens with one attached hydrogen (secondary N) is 2. The monoisotopic (exact) mass is 239 g/mol. The van der Waals surface area contributed by atoms with Crippen LogP contribution >= 0.6 is 0 Å². The summed E-state index contributed by atoms with van der Waals surface area (Å²) in [5.74, 6) is 1.02. The Morgan fingerprint density at radius 2 is 2.41 bits per heavy atom. The van der Waals surface area contributed by atoms with Crippen LogP contribution in [0.25, 0.3) is 0 Å². The molecule has 0 spiro atoms. The summed E-state index contributed by atoms with van der Waals surface area (Å²) in [6.45, 7) is 3.98. The number of hydrogen-bond donors (Lipinski definition) is 2. The number of hydrogen-bond acceptors (Lipinski definition) is 3. The number of ether oxygens (including phenoxy) is 1. The average Bonchev–Trinajstić information content (AvgIpc) is 2.83. The molecule has 0 aliphatic heterocycles. The highest BCUT2D eigenvalue weighted by Gasteiger charge is 2.00. The van der Waals surface area contributed by atoms with Gasteiger partial charge in [0, 0.05) is 38.4 Å². The quantitative estimate of drug-likeness (QED) is 0.638. The Labute approximate surface area is 102 Å². The maximum absolute atomic E-state index is 11.4. The number of aryl methyl sites for hydroxylation is 1. The van der Waals surface area contributed by atoms with Crippen LogP contribution in [-0.4, -0.2) is 35.6 Å². The predicted octanol–water partition coefficient (Wildman–Crippen LogP) is 1.28. The average molecular weight is 239 g/mol. The van der Waals surface area contributed by atoms with Crippen molar-refractivity contribution >= 4 is 5.91 Å². The van der Waals surface area contributed by atoms with Gasteiger partial charge in [-0.15, -0.1) is 0 Å². The first-order valence-corrected chi connectivity index (χ1v) is 6.15. The van der Waals surface area contributed by atoms with Gasteiger partial charge in [0.05, 0.1) is 6.61 Å². The van der Waals surface area contributed by atoms with Crippen molar-refractivity contribution in [2.24, 2.45) is 0 Å². The van der Waals surface area contributed by atoms with Crippen LogP contribution in [0.2, 0.25) is 0 Å². The second-order valence-corrected chi connectivity index (χ2v) is 3.85. The molecule has 0 bridgehead atoms. The van der Waals surface area contributed by atoms with Crippen molar-refractivity contribution in [2.45, 2.75) is 32.6 Å². The van der Waals surface area contributed by atoms with E-state index in [1.165, 1.54) is 0 Å². The zero-order valence-electron chi connectivity index (χ0n) is 10.4. The molecule has 1 aromatic heterocycles. The lowest BCUT2D eigenvalue weighted by Crippen LogP contribution is -2.25. The van der Waals surface area contributed by atoms with E-state index in [4.69, 9.17) is 4.74 Å². The Morgan fingerprint density at radius 1 is 1.53 bits per heavy atom. The van der Waals surface area contributed by atoms with E-state index in [0.29, 0.717) is 19.6 Å². The molecule has 1 amide bonds. The maximum Gasteiger partial charge on any atom is 0.222 e. The summed E-state index contributed by atoms with van der Waals surface area (Å²) in [5.41, 5.74) is 0. The SMILES string of the molecule is CCCOCCC(=O)NCCCc1ncc[nH]1. The Morgan fingerprint density at radius 3 is 3.12 bits per heavy atom. The van der Waals surface area contributed by atoms with E-state index < -0.39 is 0 Å². The molecule has 0 radical (unpaired) electrons. The number of nitrogens with zero attached hydrogens (tertiary/aromatic N) is 1. The molecule has 1 aromatic rings. The fourth-order valence-electron chi connectivity index (χ4n) is 1.42. The molecule has 5 nitrogen and oxygen atoms in total. The molecule has 5 heteroatoms. The van der Waals surface area contributed by atoms with Crippen molar-refractivity contribution in [1.82, 2.24) is 15.3 Å². The third-order valence-electron chi connectivity index (χ3n) is 2.29. The molecule has 2 N–H and O–H groups in total. The van der Waals surface area contributed by atoms with Gasteiger partial charge >= 0.3 is 0 Å². The molecule has 17 heavy (non-hydrogen) atoms.